The number of nitrogens with zero attached hydrogens (tertiary/aromatic N) is 1. The highest BCUT2D eigenvalue weighted by Crippen LogP contribution is 2.40. The first-order valence-electron chi connectivity index (χ1n) is 5.85. The van der Waals surface area contributed by atoms with Crippen LogP contribution in [0.25, 0.3) is 0 Å². The Bertz CT molecular complexity index is 211. The fraction of sp³-hybridized carbons (Fsp3) is 1.00. The van der Waals surface area contributed by atoms with E-state index in [9.17, 15) is 0 Å². The van der Waals surface area contributed by atoms with Gasteiger partial charge in [0.05, 0.1) is 13.2 Å². The lowest BCUT2D eigenvalue weighted by Gasteiger charge is -2.58. The van der Waals surface area contributed by atoms with Crippen LogP contribution in [0.2, 0.25) is 0 Å². The zero-order chi connectivity index (χ0) is 9.60. The fourth-order valence-electron chi connectivity index (χ4n) is 3.11. The largest absolute Gasteiger partial charge is 0.380 e. The van der Waals surface area contributed by atoms with Crippen LogP contribution < -0.4 is 5.73 Å². The van der Waals surface area contributed by atoms with Crippen molar-refractivity contribution in [2.75, 3.05) is 26.3 Å². The summed E-state index contributed by atoms with van der Waals surface area (Å²) >= 11 is 0. The van der Waals surface area contributed by atoms with Gasteiger partial charge in [0.25, 0.3) is 0 Å². The van der Waals surface area contributed by atoms with E-state index in [1.807, 2.05) is 0 Å². The van der Waals surface area contributed by atoms with E-state index in [2.05, 4.69) is 4.90 Å². The number of hydrogen-bond acceptors (Lipinski definition) is 3. The average Bonchev–Trinajstić information content (AvgIpc) is 2.03. The molecule has 3 rings (SSSR count). The Labute approximate surface area is 85.6 Å². The van der Waals surface area contributed by atoms with Crippen LogP contribution in [0, 0.1) is 5.41 Å². The molecule has 3 aliphatic rings. The minimum atomic E-state index is 0.480. The van der Waals surface area contributed by atoms with Crippen LogP contribution in [-0.2, 0) is 4.74 Å². The number of hydrogen-bond donors (Lipinski definition) is 1. The summed E-state index contributed by atoms with van der Waals surface area (Å²) in [6.45, 7) is 4.59. The van der Waals surface area contributed by atoms with E-state index in [4.69, 9.17) is 10.5 Å². The first kappa shape index (κ1) is 9.13. The van der Waals surface area contributed by atoms with E-state index in [1.165, 1.54) is 38.8 Å². The summed E-state index contributed by atoms with van der Waals surface area (Å²) in [5, 5.41) is 0. The molecule has 0 bridgehead atoms. The van der Waals surface area contributed by atoms with Crippen molar-refractivity contribution in [3.8, 4) is 0 Å². The quantitative estimate of drug-likeness (QED) is 0.667. The molecule has 0 aromatic heterocycles. The fourth-order valence-corrected chi connectivity index (χ4v) is 3.11. The molecule has 3 heteroatoms. The van der Waals surface area contributed by atoms with Gasteiger partial charge in [-0.2, -0.15) is 0 Å². The van der Waals surface area contributed by atoms with Crippen molar-refractivity contribution in [1.29, 1.82) is 0 Å². The van der Waals surface area contributed by atoms with Crippen molar-refractivity contribution < 1.29 is 4.74 Å². The van der Waals surface area contributed by atoms with Crippen molar-refractivity contribution in [1.82, 2.24) is 4.90 Å². The number of ether oxygens (including phenoxy) is 1. The normalized spacial score (nSPS) is 41.8. The molecule has 0 unspecified atom stereocenters. The summed E-state index contributed by atoms with van der Waals surface area (Å²) in [5.41, 5.74) is 6.49. The SMILES string of the molecule is NC1CCC(N2CC3(COC3)C2)CC1. The Morgan fingerprint density at radius 2 is 1.71 bits per heavy atom. The summed E-state index contributed by atoms with van der Waals surface area (Å²) < 4.78 is 5.29. The Morgan fingerprint density at radius 1 is 1.07 bits per heavy atom. The highest BCUT2D eigenvalue weighted by molar-refractivity contribution is 5.02. The van der Waals surface area contributed by atoms with Crippen molar-refractivity contribution in [3.63, 3.8) is 0 Å². The van der Waals surface area contributed by atoms with Crippen LogP contribution in [0.1, 0.15) is 25.7 Å². The molecular formula is C11H20N2O. The maximum absolute atomic E-state index is 5.91. The summed E-state index contributed by atoms with van der Waals surface area (Å²) in [7, 11) is 0. The molecule has 2 N–H and O–H groups in total. The molecule has 2 aliphatic heterocycles. The molecule has 80 valence electrons. The van der Waals surface area contributed by atoms with Gasteiger partial charge < -0.3 is 10.5 Å². The van der Waals surface area contributed by atoms with Crippen molar-refractivity contribution in [2.45, 2.75) is 37.8 Å². The van der Waals surface area contributed by atoms with Crippen molar-refractivity contribution in [3.05, 3.63) is 0 Å². The minimum Gasteiger partial charge on any atom is -0.380 e. The third-order valence-corrected chi connectivity index (χ3v) is 4.15. The molecule has 0 radical (unpaired) electrons. The van der Waals surface area contributed by atoms with Crippen molar-refractivity contribution >= 4 is 0 Å². The molecule has 2 saturated heterocycles. The second kappa shape index (κ2) is 3.19. The monoisotopic (exact) mass is 196 g/mol. The first-order valence-corrected chi connectivity index (χ1v) is 5.85. The van der Waals surface area contributed by atoms with Gasteiger partial charge in [-0.05, 0) is 25.7 Å². The third kappa shape index (κ3) is 1.38. The maximum Gasteiger partial charge on any atom is 0.0569 e. The molecule has 0 aromatic rings. The predicted octanol–water partition coefficient (Wildman–Crippen LogP) is 0.588. The van der Waals surface area contributed by atoms with Gasteiger partial charge >= 0.3 is 0 Å². The second-order valence-electron chi connectivity index (χ2n) is 5.47. The minimum absolute atomic E-state index is 0.480. The Morgan fingerprint density at radius 3 is 2.21 bits per heavy atom. The predicted molar refractivity (Wildman–Crippen MR) is 55.1 cm³/mol. The average molecular weight is 196 g/mol. The molecule has 0 amide bonds. The summed E-state index contributed by atoms with van der Waals surface area (Å²) in [5.74, 6) is 0. The summed E-state index contributed by atoms with van der Waals surface area (Å²) in [6.07, 6.45) is 5.09. The van der Waals surface area contributed by atoms with Gasteiger partial charge in [-0.3, -0.25) is 4.90 Å². The third-order valence-electron chi connectivity index (χ3n) is 4.15. The lowest BCUT2D eigenvalue weighted by Crippen LogP contribution is -2.68. The standard InChI is InChI=1S/C11H20N2O/c12-9-1-3-10(4-2-9)13-5-11(6-13)7-14-8-11/h9-10H,1-8,12H2. The molecule has 3 fully saturated rings. The van der Waals surface area contributed by atoms with E-state index < -0.39 is 0 Å². The molecule has 2 heterocycles. The lowest BCUT2D eigenvalue weighted by atomic mass is 9.75. The van der Waals surface area contributed by atoms with Gasteiger partial charge in [0.2, 0.25) is 0 Å². The second-order valence-corrected chi connectivity index (χ2v) is 5.47. The molecule has 1 spiro atoms. The Balaban J connectivity index is 1.49. The van der Waals surface area contributed by atoms with Gasteiger partial charge in [-0.25, -0.2) is 0 Å². The number of likely N-dealkylation sites (tertiary alicyclic amines) is 1. The molecule has 0 aromatic carbocycles. The molecule has 1 aliphatic carbocycles. The Kier molecular flexibility index (Phi) is 2.08. The molecule has 14 heavy (non-hydrogen) atoms. The van der Waals surface area contributed by atoms with Crippen LogP contribution in [0.3, 0.4) is 0 Å². The van der Waals surface area contributed by atoms with E-state index in [0.29, 0.717) is 11.5 Å². The molecule has 3 nitrogen and oxygen atoms in total. The highest BCUT2D eigenvalue weighted by atomic mass is 16.5. The van der Waals surface area contributed by atoms with Gasteiger partial charge in [0, 0.05) is 30.6 Å². The van der Waals surface area contributed by atoms with E-state index in [1.54, 1.807) is 0 Å². The summed E-state index contributed by atoms with van der Waals surface area (Å²) in [6, 6.07) is 1.31. The number of nitrogens with two attached hydrogens (primary N) is 1. The maximum atomic E-state index is 5.91. The molecule has 0 atom stereocenters. The van der Waals surface area contributed by atoms with Gasteiger partial charge in [-0.1, -0.05) is 0 Å². The first-order chi connectivity index (χ1) is 6.77. The zero-order valence-corrected chi connectivity index (χ0v) is 8.74. The van der Waals surface area contributed by atoms with E-state index in [0.717, 1.165) is 19.3 Å². The zero-order valence-electron chi connectivity index (χ0n) is 8.74. The van der Waals surface area contributed by atoms with E-state index in [-0.39, 0.29) is 0 Å². The van der Waals surface area contributed by atoms with E-state index >= 15 is 0 Å². The molecule has 1 saturated carbocycles. The van der Waals surface area contributed by atoms with Crippen LogP contribution in [0.4, 0.5) is 0 Å². The van der Waals surface area contributed by atoms with Gasteiger partial charge in [0.15, 0.2) is 0 Å². The van der Waals surface area contributed by atoms with Crippen LogP contribution in [-0.4, -0.2) is 43.3 Å². The highest BCUT2D eigenvalue weighted by Gasteiger charge is 2.50. The van der Waals surface area contributed by atoms with Crippen LogP contribution in [0.5, 0.6) is 0 Å². The lowest BCUT2D eigenvalue weighted by molar-refractivity contribution is -0.200. The molecular weight excluding hydrogens is 176 g/mol. The number of rotatable bonds is 1. The van der Waals surface area contributed by atoms with Crippen molar-refractivity contribution in [2.24, 2.45) is 11.1 Å². The van der Waals surface area contributed by atoms with Gasteiger partial charge in [-0.15, -0.1) is 0 Å². The van der Waals surface area contributed by atoms with Gasteiger partial charge in [0.1, 0.15) is 0 Å². The Hall–Kier alpha value is -0.120. The van der Waals surface area contributed by atoms with Crippen LogP contribution >= 0.6 is 0 Å². The summed E-state index contributed by atoms with van der Waals surface area (Å²) in [4.78, 5) is 2.65. The topological polar surface area (TPSA) is 38.5 Å². The van der Waals surface area contributed by atoms with Crippen LogP contribution in [0.15, 0.2) is 0 Å². The smallest absolute Gasteiger partial charge is 0.0569 e.